The summed E-state index contributed by atoms with van der Waals surface area (Å²) < 4.78 is 1.73. The summed E-state index contributed by atoms with van der Waals surface area (Å²) in [5.41, 5.74) is 7.48. The highest BCUT2D eigenvalue weighted by Gasteiger charge is 2.25. The molecule has 4 N–H and O–H groups in total. The molecule has 1 aromatic carbocycles. The first-order valence-corrected chi connectivity index (χ1v) is 10.6. The fourth-order valence-electron chi connectivity index (χ4n) is 3.44. The van der Waals surface area contributed by atoms with Crippen molar-refractivity contribution < 1.29 is 9.59 Å². The molecule has 1 saturated heterocycles. The molecule has 9 nitrogen and oxygen atoms in total. The summed E-state index contributed by atoms with van der Waals surface area (Å²) in [5.74, 6) is 0.151. The zero-order valence-electron chi connectivity index (χ0n) is 16.6. The molecule has 10 heteroatoms. The van der Waals surface area contributed by atoms with Gasteiger partial charge < -0.3 is 20.9 Å². The summed E-state index contributed by atoms with van der Waals surface area (Å²) in [4.78, 5) is 39.6. The normalized spacial score (nSPS) is 14.7. The summed E-state index contributed by atoms with van der Waals surface area (Å²) in [6, 6.07) is 9.46. The maximum atomic E-state index is 13.2. The molecule has 0 radical (unpaired) electrons. The van der Waals surface area contributed by atoms with Gasteiger partial charge in [-0.1, -0.05) is 29.5 Å². The number of imidazole rings is 1. The average Bonchev–Trinajstić information content (AvgIpc) is 3.38. The van der Waals surface area contributed by atoms with Crippen LogP contribution in [0.4, 0.5) is 11.6 Å². The third-order valence-corrected chi connectivity index (χ3v) is 6.03. The average molecular weight is 426 g/mol. The van der Waals surface area contributed by atoms with Crippen LogP contribution in [0.2, 0.25) is 0 Å². The molecular formula is C20H23N7O2S. The number of aromatic amines is 1. The number of nitrogen functional groups attached to an aromatic ring is 1. The van der Waals surface area contributed by atoms with E-state index >= 15 is 0 Å². The first-order valence-electron chi connectivity index (χ1n) is 9.76. The van der Waals surface area contributed by atoms with E-state index in [2.05, 4.69) is 20.3 Å². The molecule has 3 heterocycles. The van der Waals surface area contributed by atoms with Crippen LogP contribution in [0, 0.1) is 0 Å². The van der Waals surface area contributed by atoms with Crippen LogP contribution in [0.15, 0.2) is 41.7 Å². The van der Waals surface area contributed by atoms with Crippen LogP contribution >= 0.6 is 11.3 Å². The van der Waals surface area contributed by atoms with Crippen molar-refractivity contribution in [2.24, 2.45) is 4.99 Å². The minimum Gasteiger partial charge on any atom is -0.383 e. The maximum Gasteiger partial charge on any atom is 0.271 e. The van der Waals surface area contributed by atoms with E-state index in [-0.39, 0.29) is 23.3 Å². The molecule has 0 unspecified atom stereocenters. The summed E-state index contributed by atoms with van der Waals surface area (Å²) >= 11 is 1.20. The van der Waals surface area contributed by atoms with Gasteiger partial charge in [0.15, 0.2) is 16.3 Å². The Balaban J connectivity index is 1.86. The Bertz CT molecular complexity index is 1120. The molecule has 156 valence electrons. The number of likely N-dealkylation sites (tertiary alicyclic amines) is 1. The van der Waals surface area contributed by atoms with Gasteiger partial charge in [0.05, 0.1) is 6.33 Å². The largest absolute Gasteiger partial charge is 0.383 e. The molecule has 0 spiro atoms. The Morgan fingerprint density at radius 2 is 1.93 bits per heavy atom. The number of nitrogens with one attached hydrogen (secondary N) is 2. The molecule has 2 amide bonds. The molecule has 1 aliphatic heterocycles. The number of thiazole rings is 1. The maximum absolute atomic E-state index is 13.2. The number of nitrogens with two attached hydrogens (primary N) is 1. The van der Waals surface area contributed by atoms with Gasteiger partial charge in [0.2, 0.25) is 0 Å². The number of benzene rings is 1. The van der Waals surface area contributed by atoms with Crippen molar-refractivity contribution in [3.05, 3.63) is 52.0 Å². The Hall–Kier alpha value is -3.40. The summed E-state index contributed by atoms with van der Waals surface area (Å²) in [6.07, 6.45) is 4.54. The van der Waals surface area contributed by atoms with Crippen molar-refractivity contribution in [2.75, 3.05) is 25.9 Å². The topological polar surface area (TPSA) is 121 Å². The molecule has 0 bridgehead atoms. The minimum absolute atomic E-state index is 0.0862. The zero-order valence-corrected chi connectivity index (χ0v) is 17.4. The predicted molar refractivity (Wildman–Crippen MR) is 115 cm³/mol. The van der Waals surface area contributed by atoms with Gasteiger partial charge in [-0.3, -0.25) is 14.2 Å². The SMILES string of the molecule is CNC(=O)c1[nH]cnc1N=c1sc(C(=O)N2CCCCC2)c(N)n1-c1ccccc1. The number of para-hydroxylation sites is 1. The number of amides is 2. The predicted octanol–water partition coefficient (Wildman–Crippen LogP) is 2.06. The van der Waals surface area contributed by atoms with Crippen LogP contribution in [-0.2, 0) is 0 Å². The number of hydrogen-bond donors (Lipinski definition) is 3. The number of H-pyrrole nitrogens is 1. The van der Waals surface area contributed by atoms with Gasteiger partial charge >= 0.3 is 0 Å². The Morgan fingerprint density at radius 1 is 1.20 bits per heavy atom. The first-order chi connectivity index (χ1) is 14.6. The number of hydrogen-bond acceptors (Lipinski definition) is 6. The summed E-state index contributed by atoms with van der Waals surface area (Å²) in [5, 5.41) is 2.56. The Morgan fingerprint density at radius 3 is 2.63 bits per heavy atom. The van der Waals surface area contributed by atoms with E-state index < -0.39 is 0 Å². The second-order valence-corrected chi connectivity index (χ2v) is 7.89. The number of rotatable bonds is 4. The third kappa shape index (κ3) is 3.73. The van der Waals surface area contributed by atoms with Gasteiger partial charge in [-0.25, -0.2) is 4.98 Å². The van der Waals surface area contributed by atoms with Crippen molar-refractivity contribution in [3.63, 3.8) is 0 Å². The quantitative estimate of drug-likeness (QED) is 0.592. The minimum atomic E-state index is -0.327. The monoisotopic (exact) mass is 425 g/mol. The van der Waals surface area contributed by atoms with Gasteiger partial charge in [-0.2, -0.15) is 4.99 Å². The molecule has 0 saturated carbocycles. The molecule has 1 aliphatic rings. The van der Waals surface area contributed by atoms with Gasteiger partial charge in [0.25, 0.3) is 11.8 Å². The van der Waals surface area contributed by atoms with E-state index in [0.29, 0.717) is 15.5 Å². The lowest BCUT2D eigenvalue weighted by Crippen LogP contribution is -2.35. The molecule has 3 aromatic rings. The number of piperidine rings is 1. The number of nitrogens with zero attached hydrogens (tertiary/aromatic N) is 4. The smallest absolute Gasteiger partial charge is 0.271 e. The van der Waals surface area contributed by atoms with E-state index in [4.69, 9.17) is 5.73 Å². The highest BCUT2D eigenvalue weighted by molar-refractivity contribution is 7.12. The first kappa shape index (κ1) is 19.9. The highest BCUT2D eigenvalue weighted by Crippen LogP contribution is 2.24. The fraction of sp³-hybridized carbons (Fsp3) is 0.300. The summed E-state index contributed by atoms with van der Waals surface area (Å²) in [6.45, 7) is 1.46. The molecule has 30 heavy (non-hydrogen) atoms. The lowest BCUT2D eigenvalue weighted by molar-refractivity contribution is 0.0729. The lowest BCUT2D eigenvalue weighted by Gasteiger charge is -2.26. The molecule has 0 atom stereocenters. The molecule has 0 aliphatic carbocycles. The van der Waals surface area contributed by atoms with Crippen LogP contribution < -0.4 is 15.9 Å². The van der Waals surface area contributed by atoms with E-state index in [1.807, 2.05) is 35.2 Å². The number of aromatic nitrogens is 3. The lowest BCUT2D eigenvalue weighted by atomic mass is 10.1. The van der Waals surface area contributed by atoms with Gasteiger partial charge in [0.1, 0.15) is 10.7 Å². The van der Waals surface area contributed by atoms with Crippen LogP contribution in [0.3, 0.4) is 0 Å². The van der Waals surface area contributed by atoms with Gasteiger partial charge in [-0.05, 0) is 31.4 Å². The molecule has 4 rings (SSSR count). The zero-order chi connectivity index (χ0) is 21.1. The number of carbonyl (C=O) groups excluding carboxylic acids is 2. The molecule has 2 aromatic heterocycles. The third-order valence-electron chi connectivity index (χ3n) is 4.99. The van der Waals surface area contributed by atoms with Crippen molar-refractivity contribution in [1.29, 1.82) is 0 Å². The Labute approximate surface area is 177 Å². The van der Waals surface area contributed by atoms with Crippen LogP contribution in [0.5, 0.6) is 0 Å². The fourth-order valence-corrected chi connectivity index (χ4v) is 4.46. The standard InChI is InChI=1S/C20H23N7O2S/c1-22-18(28)14-17(24-12-23-14)25-20-27(13-8-4-2-5-9-13)16(21)15(30-20)19(29)26-10-6-3-7-11-26/h2,4-5,8-9,12H,3,6-7,10-11,21H2,1H3,(H,22,28)(H,23,24). The van der Waals surface area contributed by atoms with Crippen LogP contribution in [0.1, 0.15) is 39.4 Å². The van der Waals surface area contributed by atoms with Crippen LogP contribution in [0.25, 0.3) is 5.69 Å². The van der Waals surface area contributed by atoms with E-state index in [0.717, 1.165) is 38.0 Å². The molecule has 1 fully saturated rings. The van der Waals surface area contributed by atoms with Crippen LogP contribution in [-0.4, -0.2) is 51.4 Å². The second kappa shape index (κ2) is 8.54. The van der Waals surface area contributed by atoms with Gasteiger partial charge in [-0.15, -0.1) is 0 Å². The second-order valence-electron chi connectivity index (χ2n) is 6.91. The summed E-state index contributed by atoms with van der Waals surface area (Å²) in [7, 11) is 1.54. The number of carbonyl (C=O) groups is 2. The van der Waals surface area contributed by atoms with Gasteiger partial charge in [0, 0.05) is 25.8 Å². The van der Waals surface area contributed by atoms with Crippen molar-refractivity contribution in [1.82, 2.24) is 24.8 Å². The van der Waals surface area contributed by atoms with E-state index in [9.17, 15) is 9.59 Å². The van der Waals surface area contributed by atoms with Crippen molar-refractivity contribution >= 4 is 34.8 Å². The van der Waals surface area contributed by atoms with E-state index in [1.165, 1.54) is 24.7 Å². The number of anilines is 1. The molecular weight excluding hydrogens is 402 g/mol. The van der Waals surface area contributed by atoms with Crippen molar-refractivity contribution in [2.45, 2.75) is 19.3 Å². The van der Waals surface area contributed by atoms with Crippen molar-refractivity contribution in [3.8, 4) is 5.69 Å². The van der Waals surface area contributed by atoms with E-state index in [1.54, 1.807) is 4.57 Å². The Kier molecular flexibility index (Phi) is 5.66. The highest BCUT2D eigenvalue weighted by atomic mass is 32.1.